The highest BCUT2D eigenvalue weighted by Crippen LogP contribution is 2.23. The minimum Gasteiger partial charge on any atom is -0.492 e. The fraction of sp³-hybridized carbons (Fsp3) is 0.320. The number of carbonyl (C=O) groups excluding carboxylic acids is 1. The SMILES string of the molecule is NC(c1ccccn1)c1ccccn1.O=C(NC(c1ccccn1)c1ccccn1)C1CCN(CCOc2ccccc2)CC1.O=C(O)C1CCN(CCOc2ccccc2)CC1. The Labute approximate surface area is 370 Å². The summed E-state index contributed by atoms with van der Waals surface area (Å²) in [5.41, 5.74) is 9.26. The summed E-state index contributed by atoms with van der Waals surface area (Å²) in [6, 6.07) is 41.9. The number of aliphatic carboxylic acids is 1. The topological polar surface area (TPSA) is 169 Å². The van der Waals surface area contributed by atoms with Gasteiger partial charge in [0, 0.05) is 43.8 Å². The van der Waals surface area contributed by atoms with Crippen LogP contribution in [-0.4, -0.2) is 99.2 Å². The maximum atomic E-state index is 13.1. The van der Waals surface area contributed by atoms with Gasteiger partial charge in [-0.25, -0.2) is 0 Å². The molecule has 6 aromatic rings. The Hall–Kier alpha value is -6.54. The van der Waals surface area contributed by atoms with Crippen LogP contribution in [0.1, 0.15) is 60.5 Å². The zero-order valence-corrected chi connectivity index (χ0v) is 35.6. The molecule has 2 aromatic carbocycles. The first-order chi connectivity index (χ1) is 30.9. The van der Waals surface area contributed by atoms with Gasteiger partial charge in [-0.3, -0.25) is 39.3 Å². The van der Waals surface area contributed by atoms with E-state index >= 15 is 0 Å². The number of hydrogen-bond donors (Lipinski definition) is 3. The summed E-state index contributed by atoms with van der Waals surface area (Å²) in [5, 5.41) is 12.1. The molecular formula is C50H58N8O5. The zero-order valence-electron chi connectivity index (χ0n) is 35.6. The van der Waals surface area contributed by atoms with Crippen molar-refractivity contribution in [1.82, 2.24) is 35.1 Å². The van der Waals surface area contributed by atoms with Crippen LogP contribution in [0.4, 0.5) is 0 Å². The van der Waals surface area contributed by atoms with Crippen LogP contribution in [0.3, 0.4) is 0 Å². The van der Waals surface area contributed by atoms with Gasteiger partial charge in [0.1, 0.15) is 30.8 Å². The Bertz CT molecular complexity index is 2080. The van der Waals surface area contributed by atoms with E-state index in [2.05, 4.69) is 35.1 Å². The number of hydrogen-bond acceptors (Lipinski definition) is 11. The van der Waals surface area contributed by atoms with Crippen molar-refractivity contribution in [1.29, 1.82) is 0 Å². The standard InChI is InChI=1S/C25H28N4O2.C14H19NO3.C11H11N3/c30-25(28-24(22-10-4-6-14-26-22)23-11-5-7-15-27-23)20-12-16-29(17-13-20)18-19-31-21-8-2-1-3-9-21;16-14(17)12-6-8-15(9-7-12)10-11-18-13-4-2-1-3-5-13;12-11(9-5-1-3-7-13-9)10-6-2-4-8-14-10/h1-11,14-15,20,24H,12-13,16-19H2,(H,28,30);1-5,12H,6-11H2,(H,16,17);1-8,11H,12H2. The van der Waals surface area contributed by atoms with E-state index in [9.17, 15) is 9.59 Å². The second-order valence-electron chi connectivity index (χ2n) is 15.3. The van der Waals surface area contributed by atoms with Crippen LogP contribution in [-0.2, 0) is 9.59 Å². The third kappa shape index (κ3) is 15.4. The molecule has 1 amide bonds. The number of nitrogens with two attached hydrogens (primary N) is 1. The van der Waals surface area contributed by atoms with Crippen LogP contribution in [0, 0.1) is 11.8 Å². The van der Waals surface area contributed by atoms with Crippen molar-refractivity contribution in [2.24, 2.45) is 17.6 Å². The summed E-state index contributed by atoms with van der Waals surface area (Å²) in [4.78, 5) is 45.8. The van der Waals surface area contributed by atoms with Gasteiger partial charge < -0.3 is 25.6 Å². The van der Waals surface area contributed by atoms with Crippen molar-refractivity contribution < 1.29 is 24.2 Å². The van der Waals surface area contributed by atoms with Gasteiger partial charge in [-0.05, 0) is 125 Å². The molecule has 0 aliphatic carbocycles. The number of nitrogens with zero attached hydrogens (tertiary/aromatic N) is 6. The van der Waals surface area contributed by atoms with Crippen LogP contribution in [0.2, 0.25) is 0 Å². The molecule has 0 saturated carbocycles. The fourth-order valence-electron chi connectivity index (χ4n) is 7.37. The number of para-hydroxylation sites is 2. The number of rotatable bonds is 15. The second-order valence-corrected chi connectivity index (χ2v) is 15.3. The van der Waals surface area contributed by atoms with E-state index in [0.29, 0.717) is 13.2 Å². The average Bonchev–Trinajstić information content (AvgIpc) is 3.35. The summed E-state index contributed by atoms with van der Waals surface area (Å²) in [6.07, 6.45) is 10.1. The van der Waals surface area contributed by atoms with Gasteiger partial charge in [0.15, 0.2) is 0 Å². The van der Waals surface area contributed by atoms with Gasteiger partial charge in [0.2, 0.25) is 5.91 Å². The normalized spacial score (nSPS) is 14.7. The molecule has 13 nitrogen and oxygen atoms in total. The number of benzene rings is 2. The van der Waals surface area contributed by atoms with E-state index in [-0.39, 0.29) is 29.8 Å². The summed E-state index contributed by atoms with van der Waals surface area (Å²) in [7, 11) is 0. The number of pyridine rings is 4. The van der Waals surface area contributed by atoms with E-state index in [1.165, 1.54) is 0 Å². The van der Waals surface area contributed by atoms with Crippen LogP contribution >= 0.6 is 0 Å². The van der Waals surface area contributed by atoms with Crippen LogP contribution in [0.5, 0.6) is 11.5 Å². The Morgan fingerprint density at radius 1 is 0.556 bits per heavy atom. The molecule has 0 bridgehead atoms. The van der Waals surface area contributed by atoms with E-state index < -0.39 is 5.97 Å². The van der Waals surface area contributed by atoms with Gasteiger partial charge in [-0.15, -0.1) is 0 Å². The van der Waals surface area contributed by atoms with Crippen LogP contribution in [0.25, 0.3) is 0 Å². The predicted octanol–water partition coefficient (Wildman–Crippen LogP) is 6.86. The van der Waals surface area contributed by atoms with Gasteiger partial charge >= 0.3 is 5.97 Å². The number of carboxylic acid groups (broad SMARTS) is 1. The van der Waals surface area contributed by atoms with Crippen molar-refractivity contribution in [3.05, 3.63) is 181 Å². The van der Waals surface area contributed by atoms with Crippen molar-refractivity contribution in [2.75, 3.05) is 52.5 Å². The van der Waals surface area contributed by atoms with E-state index in [0.717, 1.165) is 99.2 Å². The monoisotopic (exact) mass is 850 g/mol. The minimum atomic E-state index is -0.657. The highest BCUT2D eigenvalue weighted by Gasteiger charge is 2.28. The number of piperidine rings is 2. The zero-order chi connectivity index (χ0) is 43.9. The molecule has 6 heterocycles. The summed E-state index contributed by atoms with van der Waals surface area (Å²) in [6.45, 7) is 6.55. The molecule has 63 heavy (non-hydrogen) atoms. The summed E-state index contributed by atoms with van der Waals surface area (Å²) >= 11 is 0. The Morgan fingerprint density at radius 3 is 1.29 bits per heavy atom. The quantitative estimate of drug-likeness (QED) is 0.0984. The second kappa shape index (κ2) is 25.4. The van der Waals surface area contributed by atoms with Crippen molar-refractivity contribution in [3.63, 3.8) is 0 Å². The highest BCUT2D eigenvalue weighted by atomic mass is 16.5. The molecule has 8 rings (SSSR count). The minimum absolute atomic E-state index is 0.00113. The molecule has 4 N–H and O–H groups in total. The predicted molar refractivity (Wildman–Crippen MR) is 243 cm³/mol. The lowest BCUT2D eigenvalue weighted by Crippen LogP contribution is -2.43. The first-order valence-electron chi connectivity index (χ1n) is 21.7. The molecule has 4 aromatic heterocycles. The maximum Gasteiger partial charge on any atom is 0.306 e. The number of nitrogens with one attached hydrogen (secondary N) is 1. The molecular weight excluding hydrogens is 793 g/mol. The van der Waals surface area contributed by atoms with E-state index in [4.69, 9.17) is 20.3 Å². The van der Waals surface area contributed by atoms with Gasteiger partial charge in [-0.1, -0.05) is 60.7 Å². The molecule has 13 heteroatoms. The number of amides is 1. The fourth-order valence-corrected chi connectivity index (χ4v) is 7.37. The molecule has 2 fully saturated rings. The van der Waals surface area contributed by atoms with Crippen molar-refractivity contribution >= 4 is 11.9 Å². The number of carbonyl (C=O) groups is 2. The van der Waals surface area contributed by atoms with Crippen LogP contribution < -0.4 is 20.5 Å². The Kier molecular flexibility index (Phi) is 18.5. The summed E-state index contributed by atoms with van der Waals surface area (Å²) in [5.74, 6) is 1.04. The average molecular weight is 851 g/mol. The number of carboxylic acids is 1. The van der Waals surface area contributed by atoms with Gasteiger partial charge in [0.25, 0.3) is 0 Å². The number of likely N-dealkylation sites (tertiary alicyclic amines) is 2. The Morgan fingerprint density at radius 2 is 0.921 bits per heavy atom. The molecule has 0 spiro atoms. The molecule has 2 saturated heterocycles. The molecule has 0 unspecified atom stereocenters. The van der Waals surface area contributed by atoms with Gasteiger partial charge in [0.05, 0.1) is 34.7 Å². The third-order valence-corrected chi connectivity index (χ3v) is 11.0. The molecule has 328 valence electrons. The molecule has 0 radical (unpaired) electrons. The number of ether oxygens (including phenoxy) is 2. The van der Waals surface area contributed by atoms with Crippen molar-refractivity contribution in [2.45, 2.75) is 37.8 Å². The Balaban J connectivity index is 0.000000174. The first-order valence-corrected chi connectivity index (χ1v) is 21.7. The smallest absolute Gasteiger partial charge is 0.306 e. The maximum absolute atomic E-state index is 13.1. The molecule has 2 aliphatic heterocycles. The highest BCUT2D eigenvalue weighted by molar-refractivity contribution is 5.79. The van der Waals surface area contributed by atoms with E-state index in [1.54, 1.807) is 24.8 Å². The van der Waals surface area contributed by atoms with Crippen molar-refractivity contribution in [3.8, 4) is 11.5 Å². The van der Waals surface area contributed by atoms with Gasteiger partial charge in [-0.2, -0.15) is 0 Å². The molecule has 0 atom stereocenters. The number of aromatic nitrogens is 4. The lowest BCUT2D eigenvalue weighted by molar-refractivity contribution is -0.143. The largest absolute Gasteiger partial charge is 0.492 e. The first kappa shape index (κ1) is 46.0. The third-order valence-electron chi connectivity index (χ3n) is 11.0. The summed E-state index contributed by atoms with van der Waals surface area (Å²) < 4.78 is 11.4. The van der Waals surface area contributed by atoms with E-state index in [1.807, 2.05) is 133 Å². The lowest BCUT2D eigenvalue weighted by atomic mass is 9.95. The van der Waals surface area contributed by atoms with Crippen LogP contribution in [0.15, 0.2) is 158 Å². The molecule has 2 aliphatic rings. The lowest BCUT2D eigenvalue weighted by Gasteiger charge is -2.32.